The van der Waals surface area contributed by atoms with Crippen molar-refractivity contribution < 1.29 is 23.9 Å². The Labute approximate surface area is 236 Å². The summed E-state index contributed by atoms with van der Waals surface area (Å²) in [7, 11) is 1.59. The van der Waals surface area contributed by atoms with Crippen LogP contribution in [0.5, 0.6) is 5.75 Å². The van der Waals surface area contributed by atoms with E-state index in [0.29, 0.717) is 30.6 Å². The van der Waals surface area contributed by atoms with Crippen LogP contribution in [0.15, 0.2) is 36.4 Å². The van der Waals surface area contributed by atoms with Gasteiger partial charge in [0.25, 0.3) is 0 Å². The normalized spacial score (nSPS) is 33.7. The molecule has 6 unspecified atom stereocenters. The molecule has 5 aliphatic rings. The maximum Gasteiger partial charge on any atom is 0.246 e. The SMILES string of the molecule is COc1ccc(NC(=O)C2C3C=CC4(O3)C2C(=O)N(CCN2CCCCC2C)C4C(=O)NC2CCCCC2)cc1. The summed E-state index contributed by atoms with van der Waals surface area (Å²) < 4.78 is 11.7. The third-order valence-electron chi connectivity index (χ3n) is 9.80. The lowest BCUT2D eigenvalue weighted by molar-refractivity contribution is -0.141. The Morgan fingerprint density at radius 2 is 1.77 bits per heavy atom. The van der Waals surface area contributed by atoms with Gasteiger partial charge < -0.3 is 25.0 Å². The predicted octanol–water partition coefficient (Wildman–Crippen LogP) is 3.11. The van der Waals surface area contributed by atoms with Gasteiger partial charge in [0.05, 0.1) is 25.0 Å². The fourth-order valence-corrected chi connectivity index (χ4v) is 7.66. The number of piperidine rings is 1. The van der Waals surface area contributed by atoms with Gasteiger partial charge in [-0.1, -0.05) is 37.8 Å². The smallest absolute Gasteiger partial charge is 0.246 e. The highest BCUT2D eigenvalue weighted by Crippen LogP contribution is 2.55. The summed E-state index contributed by atoms with van der Waals surface area (Å²) in [6.45, 7) is 4.39. The van der Waals surface area contributed by atoms with Crippen LogP contribution in [-0.2, 0) is 19.1 Å². The quantitative estimate of drug-likeness (QED) is 0.483. The van der Waals surface area contributed by atoms with Gasteiger partial charge >= 0.3 is 0 Å². The van der Waals surface area contributed by atoms with E-state index >= 15 is 0 Å². The predicted molar refractivity (Wildman–Crippen MR) is 151 cm³/mol. The van der Waals surface area contributed by atoms with Gasteiger partial charge in [0.1, 0.15) is 17.4 Å². The molecule has 4 heterocycles. The van der Waals surface area contributed by atoms with E-state index in [1.165, 1.54) is 12.8 Å². The Morgan fingerprint density at radius 3 is 2.50 bits per heavy atom. The van der Waals surface area contributed by atoms with Crippen molar-refractivity contribution in [3.63, 3.8) is 0 Å². The van der Waals surface area contributed by atoms with E-state index in [0.717, 1.165) is 45.1 Å². The third kappa shape index (κ3) is 4.81. The van der Waals surface area contributed by atoms with Crippen molar-refractivity contribution in [1.29, 1.82) is 0 Å². The van der Waals surface area contributed by atoms with E-state index in [1.807, 2.05) is 12.2 Å². The first-order valence-electron chi connectivity index (χ1n) is 15.1. The summed E-state index contributed by atoms with van der Waals surface area (Å²) in [5, 5.41) is 6.25. The number of carbonyl (C=O) groups excluding carboxylic acids is 3. The maximum absolute atomic E-state index is 14.2. The summed E-state index contributed by atoms with van der Waals surface area (Å²) >= 11 is 0. The van der Waals surface area contributed by atoms with Crippen molar-refractivity contribution in [2.24, 2.45) is 11.8 Å². The molecule has 6 atom stereocenters. The summed E-state index contributed by atoms with van der Waals surface area (Å²) in [6.07, 6.45) is 12.1. The molecule has 40 heavy (non-hydrogen) atoms. The molecule has 6 rings (SSSR count). The second-order valence-electron chi connectivity index (χ2n) is 12.2. The molecule has 3 saturated heterocycles. The van der Waals surface area contributed by atoms with Gasteiger partial charge in [0.2, 0.25) is 17.7 Å². The molecule has 9 heteroatoms. The van der Waals surface area contributed by atoms with E-state index in [4.69, 9.17) is 9.47 Å². The van der Waals surface area contributed by atoms with Gasteiger partial charge in [0, 0.05) is 30.9 Å². The van der Waals surface area contributed by atoms with Gasteiger partial charge in [-0.2, -0.15) is 0 Å². The number of hydrogen-bond donors (Lipinski definition) is 2. The first-order chi connectivity index (χ1) is 19.4. The first kappa shape index (κ1) is 27.3. The molecule has 0 radical (unpaired) electrons. The van der Waals surface area contributed by atoms with Gasteiger partial charge in [-0.15, -0.1) is 0 Å². The maximum atomic E-state index is 14.2. The minimum atomic E-state index is -1.13. The Hall–Kier alpha value is -2.91. The molecule has 1 saturated carbocycles. The van der Waals surface area contributed by atoms with Crippen LogP contribution in [0, 0.1) is 11.8 Å². The number of likely N-dealkylation sites (tertiary alicyclic amines) is 2. The second kappa shape index (κ2) is 11.2. The zero-order chi connectivity index (χ0) is 27.9. The van der Waals surface area contributed by atoms with Gasteiger partial charge in [-0.25, -0.2) is 0 Å². The fraction of sp³-hybridized carbons (Fsp3) is 0.645. The van der Waals surface area contributed by atoms with Crippen LogP contribution >= 0.6 is 0 Å². The Balaban J connectivity index is 1.26. The number of amides is 3. The molecule has 9 nitrogen and oxygen atoms in total. The number of nitrogens with one attached hydrogen (secondary N) is 2. The summed E-state index contributed by atoms with van der Waals surface area (Å²) in [4.78, 5) is 46.0. The van der Waals surface area contributed by atoms with E-state index in [9.17, 15) is 14.4 Å². The monoisotopic (exact) mass is 550 g/mol. The minimum Gasteiger partial charge on any atom is -0.497 e. The topological polar surface area (TPSA) is 100 Å². The zero-order valence-corrected chi connectivity index (χ0v) is 23.6. The summed E-state index contributed by atoms with van der Waals surface area (Å²) in [6, 6.07) is 6.90. The molecule has 3 amide bonds. The highest BCUT2D eigenvalue weighted by atomic mass is 16.5. The molecule has 4 aliphatic heterocycles. The van der Waals surface area contributed by atoms with Gasteiger partial charge in [-0.05, 0) is 63.4 Å². The number of rotatable bonds is 8. The van der Waals surface area contributed by atoms with Crippen molar-refractivity contribution >= 4 is 23.4 Å². The van der Waals surface area contributed by atoms with Crippen molar-refractivity contribution in [3.05, 3.63) is 36.4 Å². The molecule has 1 aromatic carbocycles. The molecule has 0 aromatic heterocycles. The van der Waals surface area contributed by atoms with Gasteiger partial charge in [-0.3, -0.25) is 19.3 Å². The highest BCUT2D eigenvalue weighted by Gasteiger charge is 2.72. The zero-order valence-electron chi connectivity index (χ0n) is 23.6. The Bertz CT molecular complexity index is 1150. The first-order valence-corrected chi connectivity index (χ1v) is 15.1. The number of nitrogens with zero attached hydrogens (tertiary/aromatic N) is 2. The molecule has 1 aliphatic carbocycles. The molecule has 2 bridgehead atoms. The van der Waals surface area contributed by atoms with E-state index in [2.05, 4.69) is 22.5 Å². The Morgan fingerprint density at radius 1 is 1.02 bits per heavy atom. The van der Waals surface area contributed by atoms with E-state index < -0.39 is 29.6 Å². The average molecular weight is 551 g/mol. The molecule has 216 valence electrons. The standard InChI is InChI=1S/C31H42N4O5/c1-20-8-6-7-17-34(20)18-19-35-27(29(37)33-21-9-4-3-5-10-21)31-16-15-24(40-31)25(26(31)30(35)38)28(36)32-22-11-13-23(39-2)14-12-22/h11-16,20-21,24-27H,3-10,17-19H2,1-2H3,(H,32,36)(H,33,37). The number of methoxy groups -OCH3 is 1. The highest BCUT2D eigenvalue weighted by molar-refractivity contribution is 6.02. The molecule has 1 spiro atoms. The van der Waals surface area contributed by atoms with Crippen LogP contribution in [0.4, 0.5) is 5.69 Å². The average Bonchev–Trinajstić information content (AvgIpc) is 3.61. The van der Waals surface area contributed by atoms with Crippen molar-refractivity contribution in [2.75, 3.05) is 32.1 Å². The van der Waals surface area contributed by atoms with Crippen molar-refractivity contribution in [2.45, 2.75) is 88.1 Å². The number of ether oxygens (including phenoxy) is 2. The number of anilines is 1. The van der Waals surface area contributed by atoms with Crippen LogP contribution in [-0.4, -0.2) is 84.1 Å². The summed E-state index contributed by atoms with van der Waals surface area (Å²) in [5.41, 5.74) is -0.504. The van der Waals surface area contributed by atoms with E-state index in [-0.39, 0.29) is 23.8 Å². The third-order valence-corrected chi connectivity index (χ3v) is 9.80. The summed E-state index contributed by atoms with van der Waals surface area (Å²) in [5.74, 6) is -1.33. The number of fused-ring (bicyclic) bond motifs is 1. The lowest BCUT2D eigenvalue weighted by atomic mass is 9.74. The fourth-order valence-electron chi connectivity index (χ4n) is 7.66. The van der Waals surface area contributed by atoms with E-state index in [1.54, 1.807) is 36.3 Å². The number of carbonyl (C=O) groups is 3. The minimum absolute atomic E-state index is 0.118. The van der Waals surface area contributed by atoms with Crippen molar-refractivity contribution in [1.82, 2.24) is 15.1 Å². The lowest BCUT2D eigenvalue weighted by Crippen LogP contribution is -2.57. The van der Waals surface area contributed by atoms with Crippen LogP contribution in [0.2, 0.25) is 0 Å². The lowest BCUT2D eigenvalue weighted by Gasteiger charge is -2.37. The van der Waals surface area contributed by atoms with Crippen LogP contribution in [0.1, 0.15) is 58.3 Å². The molecule has 2 N–H and O–H groups in total. The Kier molecular flexibility index (Phi) is 7.61. The van der Waals surface area contributed by atoms with Crippen LogP contribution < -0.4 is 15.4 Å². The molecule has 1 aromatic rings. The molecular formula is C31H42N4O5. The van der Waals surface area contributed by atoms with Crippen LogP contribution in [0.25, 0.3) is 0 Å². The number of benzene rings is 1. The number of hydrogen-bond acceptors (Lipinski definition) is 6. The van der Waals surface area contributed by atoms with Crippen molar-refractivity contribution in [3.8, 4) is 5.75 Å². The van der Waals surface area contributed by atoms with Gasteiger partial charge in [0.15, 0.2) is 0 Å². The molecule has 4 fully saturated rings. The van der Waals surface area contributed by atoms with Crippen LogP contribution in [0.3, 0.4) is 0 Å². The largest absolute Gasteiger partial charge is 0.497 e. The molecular weight excluding hydrogens is 508 g/mol. The second-order valence-corrected chi connectivity index (χ2v) is 12.2.